The standard InChI is InChI=1S/C13H7F3N6O5/c14-13(15,16)6-3-9(24)12(17-4-6)21-19-11(18-20-21)5-1-7(22(26)27)10(25)8(23)2-5/h1-4,23-25H. The third kappa shape index (κ3) is 3.26. The number of hydrogen-bond donors (Lipinski definition) is 3. The second-order valence-corrected chi connectivity index (χ2v) is 5.09. The molecule has 0 amide bonds. The summed E-state index contributed by atoms with van der Waals surface area (Å²) in [7, 11) is 0. The van der Waals surface area contributed by atoms with Crippen LogP contribution in [0.1, 0.15) is 5.56 Å². The molecule has 0 aliphatic rings. The van der Waals surface area contributed by atoms with Crippen molar-refractivity contribution >= 4 is 5.69 Å². The maximum Gasteiger partial charge on any atom is 0.418 e. The highest BCUT2D eigenvalue weighted by Gasteiger charge is 2.32. The van der Waals surface area contributed by atoms with Crippen LogP contribution in [-0.4, -0.2) is 45.4 Å². The normalized spacial score (nSPS) is 11.5. The van der Waals surface area contributed by atoms with Gasteiger partial charge in [0.15, 0.2) is 11.5 Å². The minimum absolute atomic E-state index is 0.116. The molecule has 0 spiro atoms. The van der Waals surface area contributed by atoms with Crippen LogP contribution in [0.3, 0.4) is 0 Å². The van der Waals surface area contributed by atoms with Crippen LogP contribution >= 0.6 is 0 Å². The lowest BCUT2D eigenvalue weighted by molar-refractivity contribution is -0.385. The van der Waals surface area contributed by atoms with E-state index in [1.54, 1.807) is 0 Å². The summed E-state index contributed by atoms with van der Waals surface area (Å²) in [6, 6.07) is 2.20. The number of nitro groups is 1. The van der Waals surface area contributed by atoms with E-state index in [-0.39, 0.29) is 11.4 Å². The Kier molecular flexibility index (Phi) is 4.02. The van der Waals surface area contributed by atoms with Crippen molar-refractivity contribution in [3.63, 3.8) is 0 Å². The second kappa shape index (κ2) is 6.08. The lowest BCUT2D eigenvalue weighted by Crippen LogP contribution is -2.08. The summed E-state index contributed by atoms with van der Waals surface area (Å²) in [5, 5.41) is 50.4. The SMILES string of the molecule is O=[N+]([O-])c1cc(-c2nnn(-c3ncc(C(F)(F)F)cc3O)n2)cc(O)c1O. The van der Waals surface area contributed by atoms with Crippen LogP contribution in [0.25, 0.3) is 17.2 Å². The summed E-state index contributed by atoms with van der Waals surface area (Å²) in [4.78, 5) is 14.0. The van der Waals surface area contributed by atoms with Crippen molar-refractivity contribution in [3.8, 4) is 34.5 Å². The fraction of sp³-hybridized carbons (Fsp3) is 0.0769. The van der Waals surface area contributed by atoms with Gasteiger partial charge in [0.05, 0.1) is 10.5 Å². The molecule has 14 heteroatoms. The number of aromatic nitrogens is 5. The lowest BCUT2D eigenvalue weighted by atomic mass is 10.1. The first kappa shape index (κ1) is 17.8. The fourth-order valence-corrected chi connectivity index (χ4v) is 2.05. The minimum atomic E-state index is -4.72. The predicted octanol–water partition coefficient (Wildman–Crippen LogP) is 1.77. The maximum absolute atomic E-state index is 12.6. The molecule has 0 aliphatic heterocycles. The molecule has 2 aromatic heterocycles. The van der Waals surface area contributed by atoms with Crippen molar-refractivity contribution in [2.75, 3.05) is 0 Å². The predicted molar refractivity (Wildman–Crippen MR) is 79.0 cm³/mol. The van der Waals surface area contributed by atoms with Crippen molar-refractivity contribution in [3.05, 3.63) is 40.1 Å². The van der Waals surface area contributed by atoms with Gasteiger partial charge in [-0.1, -0.05) is 0 Å². The molecule has 0 aliphatic carbocycles. The van der Waals surface area contributed by atoms with E-state index in [1.807, 2.05) is 0 Å². The third-order valence-electron chi connectivity index (χ3n) is 3.30. The van der Waals surface area contributed by atoms with E-state index in [4.69, 9.17) is 0 Å². The monoisotopic (exact) mass is 384 g/mol. The number of phenolic OH excluding ortho intramolecular Hbond substituents is 2. The highest BCUT2D eigenvalue weighted by atomic mass is 19.4. The van der Waals surface area contributed by atoms with Gasteiger partial charge in [-0.05, 0) is 17.3 Å². The number of phenols is 2. The fourth-order valence-electron chi connectivity index (χ4n) is 2.05. The number of hydrogen-bond acceptors (Lipinski definition) is 9. The quantitative estimate of drug-likeness (QED) is 0.347. The highest BCUT2D eigenvalue weighted by molar-refractivity contribution is 5.68. The topological polar surface area (TPSA) is 160 Å². The van der Waals surface area contributed by atoms with Gasteiger partial charge < -0.3 is 15.3 Å². The van der Waals surface area contributed by atoms with E-state index in [0.29, 0.717) is 17.1 Å². The Hall–Kier alpha value is -3.97. The molecule has 2 heterocycles. The van der Waals surface area contributed by atoms with E-state index < -0.39 is 45.4 Å². The first-order chi connectivity index (χ1) is 12.6. The number of rotatable bonds is 3. The molecule has 0 saturated heterocycles. The number of benzene rings is 1. The van der Waals surface area contributed by atoms with Crippen LogP contribution in [0.15, 0.2) is 24.4 Å². The Balaban J connectivity index is 2.02. The van der Waals surface area contributed by atoms with Gasteiger partial charge in [0, 0.05) is 17.8 Å². The molecule has 11 nitrogen and oxygen atoms in total. The minimum Gasteiger partial charge on any atom is -0.504 e. The first-order valence-corrected chi connectivity index (χ1v) is 6.85. The van der Waals surface area contributed by atoms with Crippen LogP contribution in [-0.2, 0) is 6.18 Å². The van der Waals surface area contributed by atoms with Crippen molar-refractivity contribution in [2.45, 2.75) is 6.18 Å². The van der Waals surface area contributed by atoms with Crippen LogP contribution in [0.5, 0.6) is 17.2 Å². The zero-order valence-corrected chi connectivity index (χ0v) is 12.8. The average molecular weight is 384 g/mol. The summed E-state index contributed by atoms with van der Waals surface area (Å²) in [5.74, 6) is -3.41. The van der Waals surface area contributed by atoms with Gasteiger partial charge in [-0.25, -0.2) is 4.98 Å². The maximum atomic E-state index is 12.6. The molecule has 0 bridgehead atoms. The molecule has 0 saturated carbocycles. The molecular formula is C13H7F3N6O5. The molecule has 3 N–H and O–H groups in total. The van der Waals surface area contributed by atoms with E-state index in [1.165, 1.54) is 0 Å². The molecule has 0 radical (unpaired) electrons. The van der Waals surface area contributed by atoms with Crippen molar-refractivity contribution in [1.29, 1.82) is 0 Å². The van der Waals surface area contributed by atoms with Gasteiger partial charge in [-0.2, -0.15) is 13.2 Å². The zero-order chi connectivity index (χ0) is 19.9. The molecule has 0 unspecified atom stereocenters. The Morgan fingerprint density at radius 3 is 2.41 bits per heavy atom. The number of halogens is 3. The number of aromatic hydroxyl groups is 3. The second-order valence-electron chi connectivity index (χ2n) is 5.09. The smallest absolute Gasteiger partial charge is 0.418 e. The molecule has 0 atom stereocenters. The number of tetrazole rings is 1. The van der Waals surface area contributed by atoms with Gasteiger partial charge in [0.1, 0.15) is 0 Å². The number of nitrogens with zero attached hydrogens (tertiary/aromatic N) is 6. The van der Waals surface area contributed by atoms with Crippen LogP contribution in [0, 0.1) is 10.1 Å². The Morgan fingerprint density at radius 2 is 1.81 bits per heavy atom. The Bertz CT molecular complexity index is 1050. The summed E-state index contributed by atoms with van der Waals surface area (Å²) in [6.45, 7) is 0. The van der Waals surface area contributed by atoms with Crippen LogP contribution in [0.2, 0.25) is 0 Å². The van der Waals surface area contributed by atoms with Crippen molar-refractivity contribution in [1.82, 2.24) is 25.2 Å². The van der Waals surface area contributed by atoms with Crippen LogP contribution in [0.4, 0.5) is 18.9 Å². The van der Waals surface area contributed by atoms with Crippen LogP contribution < -0.4 is 0 Å². The summed E-state index contributed by atoms with van der Waals surface area (Å²) >= 11 is 0. The Labute approximate surface area is 146 Å². The van der Waals surface area contributed by atoms with Gasteiger partial charge >= 0.3 is 11.9 Å². The molecule has 140 valence electrons. The zero-order valence-electron chi connectivity index (χ0n) is 12.8. The molecule has 1 aromatic carbocycles. The molecule has 3 rings (SSSR count). The number of pyridine rings is 1. The lowest BCUT2D eigenvalue weighted by Gasteiger charge is -2.07. The van der Waals surface area contributed by atoms with Gasteiger partial charge in [-0.15, -0.1) is 15.0 Å². The van der Waals surface area contributed by atoms with E-state index >= 15 is 0 Å². The first-order valence-electron chi connectivity index (χ1n) is 6.85. The Morgan fingerprint density at radius 1 is 1.11 bits per heavy atom. The number of alkyl halides is 3. The average Bonchev–Trinajstić information content (AvgIpc) is 3.05. The molecule has 3 aromatic rings. The summed E-state index contributed by atoms with van der Waals surface area (Å²) in [5.41, 5.74) is -2.13. The van der Waals surface area contributed by atoms with Crippen molar-refractivity contribution in [2.24, 2.45) is 0 Å². The summed E-state index contributed by atoms with van der Waals surface area (Å²) in [6.07, 6.45) is -4.26. The number of nitro benzene ring substituents is 1. The van der Waals surface area contributed by atoms with Gasteiger partial charge in [0.25, 0.3) is 0 Å². The molecular weight excluding hydrogens is 377 g/mol. The highest BCUT2D eigenvalue weighted by Crippen LogP contribution is 2.38. The van der Waals surface area contributed by atoms with Gasteiger partial charge in [0.2, 0.25) is 17.4 Å². The van der Waals surface area contributed by atoms with E-state index in [0.717, 1.165) is 12.1 Å². The van der Waals surface area contributed by atoms with Crippen molar-refractivity contribution < 1.29 is 33.4 Å². The largest absolute Gasteiger partial charge is 0.504 e. The van der Waals surface area contributed by atoms with Gasteiger partial charge in [-0.3, -0.25) is 10.1 Å². The molecule has 0 fully saturated rings. The summed E-state index contributed by atoms with van der Waals surface area (Å²) < 4.78 is 37.8. The van der Waals surface area contributed by atoms with E-state index in [2.05, 4.69) is 20.4 Å². The van der Waals surface area contributed by atoms with E-state index in [9.17, 15) is 38.6 Å². The molecule has 27 heavy (non-hydrogen) atoms. The third-order valence-corrected chi connectivity index (χ3v) is 3.30.